The maximum atomic E-state index is 14.1. The summed E-state index contributed by atoms with van der Waals surface area (Å²) < 4.78 is 25.7. The van der Waals surface area contributed by atoms with Crippen molar-refractivity contribution < 1.29 is 18.3 Å². The summed E-state index contributed by atoms with van der Waals surface area (Å²) in [7, 11) is 0. The highest BCUT2D eigenvalue weighted by Crippen LogP contribution is 2.49. The van der Waals surface area contributed by atoms with Crippen LogP contribution in [0.5, 0.6) is 0 Å². The van der Waals surface area contributed by atoms with E-state index in [0.717, 1.165) is 18.4 Å². The van der Waals surface area contributed by atoms with Crippen LogP contribution in [0.25, 0.3) is 11.5 Å². The fourth-order valence-corrected chi connectivity index (χ4v) is 4.69. The van der Waals surface area contributed by atoms with Crippen LogP contribution >= 0.6 is 0 Å². The highest BCUT2D eigenvalue weighted by atomic mass is 19.1. The summed E-state index contributed by atoms with van der Waals surface area (Å²) in [4.78, 5) is 18.9. The fourth-order valence-electron chi connectivity index (χ4n) is 4.69. The zero-order chi connectivity index (χ0) is 21.3. The van der Waals surface area contributed by atoms with E-state index in [0.29, 0.717) is 43.6 Å². The molecule has 5 rings (SSSR count). The number of amides is 1. The van der Waals surface area contributed by atoms with Crippen molar-refractivity contribution in [2.24, 2.45) is 5.41 Å². The first kappa shape index (κ1) is 19.8. The summed E-state index contributed by atoms with van der Waals surface area (Å²) in [5, 5.41) is 8.57. The van der Waals surface area contributed by atoms with Crippen LogP contribution in [0.15, 0.2) is 53.2 Å². The average molecular weight is 422 g/mol. The van der Waals surface area contributed by atoms with Crippen LogP contribution in [0.2, 0.25) is 0 Å². The van der Waals surface area contributed by atoms with E-state index in [1.807, 2.05) is 17.0 Å². The first-order chi connectivity index (χ1) is 15.1. The number of hydrogen-bond donors (Lipinski definition) is 0. The van der Waals surface area contributed by atoms with Crippen LogP contribution in [0, 0.1) is 11.2 Å². The monoisotopic (exact) mass is 422 g/mol. The van der Waals surface area contributed by atoms with E-state index in [-0.39, 0.29) is 29.5 Å². The Balaban J connectivity index is 1.40. The lowest BCUT2D eigenvalue weighted by Crippen LogP contribution is -2.37. The topological polar surface area (TPSA) is 81.4 Å². The van der Waals surface area contributed by atoms with Crippen molar-refractivity contribution in [1.82, 2.24) is 20.1 Å². The third kappa shape index (κ3) is 3.83. The molecule has 7 nitrogen and oxygen atoms in total. The molecule has 0 aliphatic carbocycles. The highest BCUT2D eigenvalue weighted by Gasteiger charge is 2.51. The molecular weight excluding hydrogens is 399 g/mol. The van der Waals surface area contributed by atoms with Crippen molar-refractivity contribution in [2.75, 3.05) is 26.3 Å². The summed E-state index contributed by atoms with van der Waals surface area (Å²) in [6.45, 7) is 2.33. The molecule has 160 valence electrons. The molecule has 1 aromatic carbocycles. The Morgan fingerprint density at radius 1 is 1.13 bits per heavy atom. The number of pyridine rings is 1. The van der Waals surface area contributed by atoms with Crippen LogP contribution in [0.3, 0.4) is 0 Å². The highest BCUT2D eigenvalue weighted by molar-refractivity contribution is 5.79. The number of carbonyl (C=O) groups excluding carboxylic acids is 1. The number of likely N-dealkylation sites (tertiary alicyclic amines) is 1. The Morgan fingerprint density at radius 2 is 1.90 bits per heavy atom. The standard InChI is InChI=1S/C23H23FN4O3/c24-19-4-2-1-3-17(19)13-20(29)28-14-18(23(15-28)7-11-30-12-8-23)22-27-26-21(31-22)16-5-9-25-10-6-16/h1-6,9-10,18H,7-8,11-15H2. The van der Waals surface area contributed by atoms with Gasteiger partial charge in [0, 0.05) is 49.7 Å². The first-order valence-electron chi connectivity index (χ1n) is 10.5. The van der Waals surface area contributed by atoms with Gasteiger partial charge in [0.2, 0.25) is 17.7 Å². The van der Waals surface area contributed by atoms with E-state index in [9.17, 15) is 9.18 Å². The first-order valence-corrected chi connectivity index (χ1v) is 10.5. The minimum absolute atomic E-state index is 0.0398. The van der Waals surface area contributed by atoms with Gasteiger partial charge < -0.3 is 14.1 Å². The lowest BCUT2D eigenvalue weighted by molar-refractivity contribution is -0.130. The van der Waals surface area contributed by atoms with Gasteiger partial charge in [-0.1, -0.05) is 18.2 Å². The second kappa shape index (κ2) is 8.19. The molecule has 1 unspecified atom stereocenters. The molecular formula is C23H23FN4O3. The Hall–Kier alpha value is -3.13. The summed E-state index contributed by atoms with van der Waals surface area (Å²) in [6, 6.07) is 10.1. The smallest absolute Gasteiger partial charge is 0.247 e. The lowest BCUT2D eigenvalue weighted by atomic mass is 9.72. The molecule has 0 N–H and O–H groups in total. The van der Waals surface area contributed by atoms with Crippen molar-refractivity contribution in [1.29, 1.82) is 0 Å². The Kier molecular flexibility index (Phi) is 5.23. The molecule has 1 spiro atoms. The van der Waals surface area contributed by atoms with Gasteiger partial charge >= 0.3 is 0 Å². The number of benzene rings is 1. The van der Waals surface area contributed by atoms with Gasteiger partial charge in [0.1, 0.15) is 5.82 Å². The van der Waals surface area contributed by atoms with Crippen LogP contribution in [-0.2, 0) is 16.0 Å². The molecule has 0 saturated carbocycles. The SMILES string of the molecule is O=C(Cc1ccccc1F)N1CC(c2nnc(-c3ccncc3)o2)C2(CCOCC2)C1. The van der Waals surface area contributed by atoms with E-state index >= 15 is 0 Å². The number of hydrogen-bond acceptors (Lipinski definition) is 6. The quantitative estimate of drug-likeness (QED) is 0.642. The Morgan fingerprint density at radius 3 is 2.68 bits per heavy atom. The predicted molar refractivity (Wildman–Crippen MR) is 109 cm³/mol. The van der Waals surface area contributed by atoms with Crippen molar-refractivity contribution >= 4 is 5.91 Å². The maximum Gasteiger partial charge on any atom is 0.247 e. The zero-order valence-corrected chi connectivity index (χ0v) is 17.0. The number of aromatic nitrogens is 3. The molecule has 2 aliphatic heterocycles. The molecule has 1 atom stereocenters. The normalized spacial score (nSPS) is 20.3. The van der Waals surface area contributed by atoms with Gasteiger partial charge in [-0.05, 0) is 36.6 Å². The lowest BCUT2D eigenvalue weighted by Gasteiger charge is -2.36. The van der Waals surface area contributed by atoms with E-state index in [4.69, 9.17) is 9.15 Å². The molecule has 8 heteroatoms. The minimum atomic E-state index is -0.355. The molecule has 0 radical (unpaired) electrons. The molecule has 0 bridgehead atoms. The number of ether oxygens (including phenoxy) is 1. The fraction of sp³-hybridized carbons (Fsp3) is 0.391. The second-order valence-corrected chi connectivity index (χ2v) is 8.25. The molecule has 2 aromatic heterocycles. The predicted octanol–water partition coefficient (Wildman–Crippen LogP) is 3.24. The summed E-state index contributed by atoms with van der Waals surface area (Å²) in [5.74, 6) is 0.452. The largest absolute Gasteiger partial charge is 0.420 e. The number of nitrogens with zero attached hydrogens (tertiary/aromatic N) is 4. The van der Waals surface area contributed by atoms with Gasteiger partial charge in [-0.3, -0.25) is 9.78 Å². The second-order valence-electron chi connectivity index (χ2n) is 8.25. The summed E-state index contributed by atoms with van der Waals surface area (Å²) in [6.07, 6.45) is 5.02. The van der Waals surface area contributed by atoms with Crippen LogP contribution < -0.4 is 0 Å². The molecule has 2 saturated heterocycles. The molecule has 4 heterocycles. The van der Waals surface area contributed by atoms with E-state index in [1.165, 1.54) is 6.07 Å². The van der Waals surface area contributed by atoms with Crippen molar-refractivity contribution in [2.45, 2.75) is 25.2 Å². The van der Waals surface area contributed by atoms with Gasteiger partial charge in [0.25, 0.3) is 0 Å². The van der Waals surface area contributed by atoms with E-state index in [1.54, 1.807) is 30.6 Å². The number of carbonyl (C=O) groups is 1. The summed E-state index contributed by atoms with van der Waals surface area (Å²) >= 11 is 0. The van der Waals surface area contributed by atoms with Crippen LogP contribution in [-0.4, -0.2) is 52.3 Å². The molecule has 2 fully saturated rings. The Labute approximate surface area is 179 Å². The van der Waals surface area contributed by atoms with Gasteiger partial charge in [-0.25, -0.2) is 4.39 Å². The van der Waals surface area contributed by atoms with E-state index in [2.05, 4.69) is 15.2 Å². The maximum absolute atomic E-state index is 14.1. The van der Waals surface area contributed by atoms with Crippen molar-refractivity contribution in [3.8, 4) is 11.5 Å². The van der Waals surface area contributed by atoms with Gasteiger partial charge in [0.05, 0.1) is 12.3 Å². The van der Waals surface area contributed by atoms with Gasteiger partial charge in [-0.2, -0.15) is 0 Å². The zero-order valence-electron chi connectivity index (χ0n) is 17.0. The van der Waals surface area contributed by atoms with Crippen molar-refractivity contribution in [3.05, 3.63) is 66.1 Å². The summed E-state index contributed by atoms with van der Waals surface area (Å²) in [5.41, 5.74) is 1.04. The number of rotatable bonds is 4. The molecule has 3 aromatic rings. The third-order valence-corrected chi connectivity index (χ3v) is 6.45. The third-order valence-electron chi connectivity index (χ3n) is 6.45. The van der Waals surface area contributed by atoms with E-state index < -0.39 is 0 Å². The molecule has 2 aliphatic rings. The molecule has 1 amide bonds. The van der Waals surface area contributed by atoms with Gasteiger partial charge in [0.15, 0.2) is 0 Å². The average Bonchev–Trinajstić information content (AvgIpc) is 3.42. The van der Waals surface area contributed by atoms with Crippen LogP contribution in [0.4, 0.5) is 4.39 Å². The molecule has 31 heavy (non-hydrogen) atoms. The van der Waals surface area contributed by atoms with Crippen LogP contribution in [0.1, 0.15) is 30.2 Å². The number of halogens is 1. The minimum Gasteiger partial charge on any atom is -0.420 e. The Bertz CT molecular complexity index is 1070. The van der Waals surface area contributed by atoms with Gasteiger partial charge in [-0.15, -0.1) is 10.2 Å². The van der Waals surface area contributed by atoms with Crippen molar-refractivity contribution in [3.63, 3.8) is 0 Å².